The lowest BCUT2D eigenvalue weighted by atomic mass is 10.0. The first-order valence-corrected chi connectivity index (χ1v) is 13.1. The number of carbonyl (C=O) groups is 4. The van der Waals surface area contributed by atoms with Crippen LogP contribution in [0.1, 0.15) is 52.7 Å². The number of carbonyl (C=O) groups excluding carboxylic acids is 3. The van der Waals surface area contributed by atoms with Gasteiger partial charge in [0.1, 0.15) is 34.7 Å². The van der Waals surface area contributed by atoms with Crippen LogP contribution < -0.4 is 10.6 Å². The maximum atomic E-state index is 12.2. The van der Waals surface area contributed by atoms with Gasteiger partial charge < -0.3 is 35.1 Å². The van der Waals surface area contributed by atoms with Crippen LogP contribution in [-0.2, 0) is 36.6 Å². The Labute approximate surface area is 244 Å². The van der Waals surface area contributed by atoms with Gasteiger partial charge in [0.2, 0.25) is 0 Å². The fourth-order valence-corrected chi connectivity index (χ4v) is 3.49. The first kappa shape index (κ1) is 33.5. The number of nitrogens with zero attached hydrogens (tertiary/aromatic N) is 2. The number of rotatable bonds is 10. The SMILES string of the molecule is COC(=O)[C@H](Cc1ccc(N=Nc2cc(C[C@H](NC(=O)OC(C)(C)C)C(=O)O)ccc2O)cc1)NC(=O)OC(C)(C)C. The minimum atomic E-state index is -1.28. The van der Waals surface area contributed by atoms with Crippen LogP contribution in [-0.4, -0.2) is 64.7 Å². The number of hydrogen-bond acceptors (Lipinski definition) is 10. The number of aromatic hydroxyl groups is 1. The first-order valence-electron chi connectivity index (χ1n) is 13.1. The van der Waals surface area contributed by atoms with Crippen molar-refractivity contribution >= 4 is 35.5 Å². The molecule has 2 rings (SSSR count). The molecule has 0 aliphatic heterocycles. The molecule has 0 saturated heterocycles. The average Bonchev–Trinajstić information content (AvgIpc) is 2.86. The zero-order chi connectivity index (χ0) is 31.7. The Morgan fingerprint density at radius 1 is 0.786 bits per heavy atom. The molecule has 13 heteroatoms. The van der Waals surface area contributed by atoms with Crippen molar-refractivity contribution in [3.8, 4) is 5.75 Å². The minimum Gasteiger partial charge on any atom is -0.506 e. The summed E-state index contributed by atoms with van der Waals surface area (Å²) in [6, 6.07) is 8.72. The quantitative estimate of drug-likeness (QED) is 0.170. The molecule has 0 bridgehead atoms. The van der Waals surface area contributed by atoms with Crippen LogP contribution in [0.2, 0.25) is 0 Å². The fourth-order valence-electron chi connectivity index (χ4n) is 3.49. The molecule has 2 atom stereocenters. The van der Waals surface area contributed by atoms with Gasteiger partial charge in [-0.2, -0.15) is 5.11 Å². The van der Waals surface area contributed by atoms with E-state index in [4.69, 9.17) is 14.2 Å². The van der Waals surface area contributed by atoms with E-state index in [1.54, 1.807) is 65.8 Å². The average molecular weight is 587 g/mol. The van der Waals surface area contributed by atoms with Crippen molar-refractivity contribution in [2.24, 2.45) is 10.2 Å². The molecule has 13 nitrogen and oxygen atoms in total. The van der Waals surface area contributed by atoms with Crippen molar-refractivity contribution in [2.75, 3.05) is 7.11 Å². The number of nitrogens with one attached hydrogen (secondary N) is 2. The van der Waals surface area contributed by atoms with E-state index in [0.29, 0.717) is 16.8 Å². The van der Waals surface area contributed by atoms with Gasteiger partial charge in [0.05, 0.1) is 12.8 Å². The Balaban J connectivity index is 2.12. The fraction of sp³-hybridized carbons (Fsp3) is 0.448. The third-order valence-corrected chi connectivity index (χ3v) is 5.29. The maximum Gasteiger partial charge on any atom is 0.408 e. The van der Waals surface area contributed by atoms with Crippen LogP contribution in [0.25, 0.3) is 0 Å². The van der Waals surface area contributed by atoms with Gasteiger partial charge in [0.25, 0.3) is 0 Å². The summed E-state index contributed by atoms with van der Waals surface area (Å²) in [7, 11) is 1.22. The number of carboxylic acid groups (broad SMARTS) is 1. The molecule has 0 radical (unpaired) electrons. The summed E-state index contributed by atoms with van der Waals surface area (Å²) >= 11 is 0. The van der Waals surface area contributed by atoms with E-state index in [-0.39, 0.29) is 24.3 Å². The van der Waals surface area contributed by atoms with E-state index in [9.17, 15) is 29.4 Å². The molecule has 0 fully saturated rings. The molecule has 0 aliphatic rings. The molecule has 2 aromatic rings. The van der Waals surface area contributed by atoms with Crippen LogP contribution in [0.4, 0.5) is 21.0 Å². The van der Waals surface area contributed by atoms with E-state index in [1.807, 2.05) is 0 Å². The Bertz CT molecular complexity index is 1300. The zero-order valence-corrected chi connectivity index (χ0v) is 24.8. The highest BCUT2D eigenvalue weighted by Gasteiger charge is 2.26. The maximum absolute atomic E-state index is 12.2. The van der Waals surface area contributed by atoms with Crippen molar-refractivity contribution < 1.29 is 43.6 Å². The number of carboxylic acids is 1. The number of hydrogen-bond donors (Lipinski definition) is 4. The Kier molecular flexibility index (Phi) is 11.4. The number of amides is 2. The van der Waals surface area contributed by atoms with E-state index in [2.05, 4.69) is 20.9 Å². The predicted octanol–water partition coefficient (Wildman–Crippen LogP) is 4.94. The molecular formula is C29H38N4O9. The van der Waals surface area contributed by atoms with E-state index >= 15 is 0 Å². The highest BCUT2D eigenvalue weighted by Crippen LogP contribution is 2.30. The third-order valence-electron chi connectivity index (χ3n) is 5.29. The zero-order valence-electron chi connectivity index (χ0n) is 24.8. The van der Waals surface area contributed by atoms with Gasteiger partial charge in [-0.05, 0) is 76.9 Å². The van der Waals surface area contributed by atoms with Crippen molar-refractivity contribution in [3.63, 3.8) is 0 Å². The van der Waals surface area contributed by atoms with Gasteiger partial charge in [0, 0.05) is 12.8 Å². The Hall–Kier alpha value is -4.68. The molecule has 4 N–H and O–H groups in total. The first-order chi connectivity index (χ1) is 19.5. The number of aliphatic carboxylic acids is 1. The van der Waals surface area contributed by atoms with E-state index < -0.39 is 47.4 Å². The van der Waals surface area contributed by atoms with E-state index in [1.165, 1.54) is 25.3 Å². The second kappa shape index (κ2) is 14.3. The molecule has 0 saturated carbocycles. The monoisotopic (exact) mass is 586 g/mol. The van der Waals surface area contributed by atoms with E-state index in [0.717, 1.165) is 0 Å². The summed E-state index contributed by atoms with van der Waals surface area (Å²) in [5, 5.41) is 32.8. The summed E-state index contributed by atoms with van der Waals surface area (Å²) in [4.78, 5) is 48.1. The summed E-state index contributed by atoms with van der Waals surface area (Å²) in [5.41, 5.74) is 0.158. The molecule has 2 amide bonds. The molecule has 0 aromatic heterocycles. The number of phenolic OH excluding ortho intramolecular Hbond substituents is 1. The van der Waals surface area contributed by atoms with Crippen LogP contribution in [0.3, 0.4) is 0 Å². The van der Waals surface area contributed by atoms with Crippen LogP contribution >= 0.6 is 0 Å². The van der Waals surface area contributed by atoms with Crippen LogP contribution in [0.15, 0.2) is 52.7 Å². The van der Waals surface area contributed by atoms with Crippen molar-refractivity contribution in [1.29, 1.82) is 0 Å². The van der Waals surface area contributed by atoms with Gasteiger partial charge >= 0.3 is 24.1 Å². The molecule has 0 spiro atoms. The van der Waals surface area contributed by atoms with Crippen molar-refractivity contribution in [2.45, 2.75) is 77.7 Å². The van der Waals surface area contributed by atoms with Crippen molar-refractivity contribution in [3.05, 3.63) is 53.6 Å². The van der Waals surface area contributed by atoms with Crippen LogP contribution in [0, 0.1) is 0 Å². The summed E-state index contributed by atoms with van der Waals surface area (Å²) < 4.78 is 15.2. The smallest absolute Gasteiger partial charge is 0.408 e. The van der Waals surface area contributed by atoms with Gasteiger partial charge in [-0.3, -0.25) is 0 Å². The molecule has 0 unspecified atom stereocenters. The van der Waals surface area contributed by atoms with Gasteiger partial charge in [-0.25, -0.2) is 19.2 Å². The summed E-state index contributed by atoms with van der Waals surface area (Å²) in [6.07, 6.45) is -1.57. The predicted molar refractivity (Wildman–Crippen MR) is 152 cm³/mol. The lowest BCUT2D eigenvalue weighted by molar-refractivity contribution is -0.143. The summed E-state index contributed by atoms with van der Waals surface area (Å²) in [5.74, 6) is -2.07. The standard InChI is InChI=1S/C29H38N4O9/c1-28(2,3)41-26(38)30-21(24(35)36)16-18-10-13-23(34)20(15-18)33-32-19-11-8-17(9-12-19)14-22(25(37)40-7)31-27(39)42-29(4,5)6/h8-13,15,21-22,34H,14,16H2,1-7H3,(H,30,38)(H,31,39)(H,35,36)/t21-,22-/m0/s1. The second-order valence-electron chi connectivity index (χ2n) is 11.4. The third kappa shape index (κ3) is 11.8. The van der Waals surface area contributed by atoms with Crippen molar-refractivity contribution in [1.82, 2.24) is 10.6 Å². The number of azo groups is 1. The number of esters is 1. The summed E-state index contributed by atoms with van der Waals surface area (Å²) in [6.45, 7) is 10.1. The Morgan fingerprint density at radius 3 is 1.79 bits per heavy atom. The molecule has 0 aliphatic carbocycles. The Morgan fingerprint density at radius 2 is 1.29 bits per heavy atom. The number of phenols is 1. The highest BCUT2D eigenvalue weighted by atomic mass is 16.6. The molecule has 228 valence electrons. The number of alkyl carbamates (subject to hydrolysis) is 2. The molecule has 0 heterocycles. The molecule has 42 heavy (non-hydrogen) atoms. The number of methoxy groups -OCH3 is 1. The highest BCUT2D eigenvalue weighted by molar-refractivity contribution is 5.82. The minimum absolute atomic E-state index is 0.0882. The molecular weight excluding hydrogens is 548 g/mol. The second-order valence-corrected chi connectivity index (χ2v) is 11.4. The largest absolute Gasteiger partial charge is 0.506 e. The molecule has 2 aromatic carbocycles. The lowest BCUT2D eigenvalue weighted by Gasteiger charge is -2.22. The lowest BCUT2D eigenvalue weighted by Crippen LogP contribution is -2.45. The van der Waals surface area contributed by atoms with Gasteiger partial charge in [0.15, 0.2) is 0 Å². The normalized spacial score (nSPS) is 13.1. The topological polar surface area (TPSA) is 185 Å². The number of benzene rings is 2. The van der Waals surface area contributed by atoms with Gasteiger partial charge in [-0.15, -0.1) is 5.11 Å². The number of ether oxygens (including phenoxy) is 3. The van der Waals surface area contributed by atoms with Crippen LogP contribution in [0.5, 0.6) is 5.75 Å². The van der Waals surface area contributed by atoms with Gasteiger partial charge in [-0.1, -0.05) is 18.2 Å².